The van der Waals surface area contributed by atoms with Crippen LogP contribution in [0.4, 0.5) is 4.39 Å². The van der Waals surface area contributed by atoms with Crippen molar-refractivity contribution in [2.75, 3.05) is 6.54 Å². The van der Waals surface area contributed by atoms with Crippen molar-refractivity contribution in [2.45, 2.75) is 43.0 Å². The Kier molecular flexibility index (Phi) is 8.19. The van der Waals surface area contributed by atoms with Crippen molar-refractivity contribution in [3.05, 3.63) is 54.3 Å². The molecular weight excluding hydrogens is 437 g/mol. The standard InChI is InChI=1S/C22H28FN3O5S/c23-17-5-7-18(8-6-17)31-19-9-11-20(12-10-19)32(29,30)26-21(22(27)25-28)13-15-1-3-16(14-24)4-2-15/h5-12,15-16,21,26,28H,1-4,13-14,24H2,(H,25,27). The maximum Gasteiger partial charge on any atom is 0.261 e. The Morgan fingerprint density at radius 1 is 1.03 bits per heavy atom. The number of nitrogens with two attached hydrogens (primary N) is 1. The third-order valence-electron chi connectivity index (χ3n) is 5.78. The second kappa shape index (κ2) is 10.9. The number of benzene rings is 2. The van der Waals surface area contributed by atoms with Gasteiger partial charge >= 0.3 is 0 Å². The first-order chi connectivity index (χ1) is 15.3. The van der Waals surface area contributed by atoms with Crippen LogP contribution >= 0.6 is 0 Å². The fourth-order valence-electron chi connectivity index (χ4n) is 3.90. The molecule has 0 aliphatic heterocycles. The van der Waals surface area contributed by atoms with Crippen molar-refractivity contribution in [2.24, 2.45) is 17.6 Å². The van der Waals surface area contributed by atoms with Gasteiger partial charge in [-0.15, -0.1) is 0 Å². The average molecular weight is 466 g/mol. The second-order valence-electron chi connectivity index (χ2n) is 8.04. The zero-order chi connectivity index (χ0) is 23.1. The minimum absolute atomic E-state index is 0.0495. The van der Waals surface area contributed by atoms with Gasteiger partial charge in [0.15, 0.2) is 0 Å². The van der Waals surface area contributed by atoms with Crippen LogP contribution < -0.4 is 20.7 Å². The van der Waals surface area contributed by atoms with Crippen LogP contribution in [0.3, 0.4) is 0 Å². The van der Waals surface area contributed by atoms with Crippen LogP contribution in [0.5, 0.6) is 11.5 Å². The van der Waals surface area contributed by atoms with E-state index in [4.69, 9.17) is 15.7 Å². The molecule has 1 aliphatic carbocycles. The van der Waals surface area contributed by atoms with Gasteiger partial charge in [-0.25, -0.2) is 18.3 Å². The number of sulfonamides is 1. The predicted molar refractivity (Wildman–Crippen MR) is 116 cm³/mol. The number of hydroxylamine groups is 1. The summed E-state index contributed by atoms with van der Waals surface area (Å²) in [5.74, 6) is 0.212. The minimum Gasteiger partial charge on any atom is -0.457 e. The summed E-state index contributed by atoms with van der Waals surface area (Å²) in [7, 11) is -4.02. The molecule has 1 aliphatic rings. The highest BCUT2D eigenvalue weighted by Crippen LogP contribution is 2.31. The molecule has 0 spiro atoms. The maximum absolute atomic E-state index is 13.0. The van der Waals surface area contributed by atoms with E-state index in [1.54, 1.807) is 5.48 Å². The summed E-state index contributed by atoms with van der Waals surface area (Å²) in [6.07, 6.45) is 3.88. The number of hydrogen-bond donors (Lipinski definition) is 4. The van der Waals surface area contributed by atoms with Crippen LogP contribution in [0.15, 0.2) is 53.4 Å². The van der Waals surface area contributed by atoms with Gasteiger partial charge in [0.05, 0.1) is 4.90 Å². The Hall–Kier alpha value is -2.53. The van der Waals surface area contributed by atoms with Crippen LogP contribution in [0, 0.1) is 17.7 Å². The molecule has 3 rings (SSSR count). The fourth-order valence-corrected chi connectivity index (χ4v) is 5.11. The van der Waals surface area contributed by atoms with Gasteiger partial charge in [0.1, 0.15) is 23.4 Å². The number of amides is 1. The summed E-state index contributed by atoms with van der Waals surface area (Å²) in [6, 6.07) is 9.96. The molecule has 1 amide bonds. The summed E-state index contributed by atoms with van der Waals surface area (Å²) in [5.41, 5.74) is 7.27. The monoisotopic (exact) mass is 465 g/mol. The highest BCUT2D eigenvalue weighted by Gasteiger charge is 2.30. The Bertz CT molecular complexity index is 991. The highest BCUT2D eigenvalue weighted by atomic mass is 32.2. The zero-order valence-corrected chi connectivity index (χ0v) is 18.4. The summed E-state index contributed by atoms with van der Waals surface area (Å²) in [6.45, 7) is 0.626. The predicted octanol–water partition coefficient (Wildman–Crippen LogP) is 2.93. The van der Waals surface area contributed by atoms with E-state index >= 15 is 0 Å². The Morgan fingerprint density at radius 3 is 2.09 bits per heavy atom. The third kappa shape index (κ3) is 6.49. The molecule has 1 unspecified atom stereocenters. The summed E-state index contributed by atoms with van der Waals surface area (Å²) in [4.78, 5) is 12.1. The number of rotatable bonds is 9. The molecule has 1 fully saturated rings. The third-order valence-corrected chi connectivity index (χ3v) is 7.26. The largest absolute Gasteiger partial charge is 0.457 e. The van der Waals surface area contributed by atoms with Crippen molar-refractivity contribution >= 4 is 15.9 Å². The van der Waals surface area contributed by atoms with Gasteiger partial charge in [-0.3, -0.25) is 10.0 Å². The molecular formula is C22H28FN3O5S. The van der Waals surface area contributed by atoms with Gasteiger partial charge in [-0.05, 0) is 86.2 Å². The topological polar surface area (TPSA) is 131 Å². The summed E-state index contributed by atoms with van der Waals surface area (Å²) < 4.78 is 46.6. The first-order valence-electron chi connectivity index (χ1n) is 10.5. The van der Waals surface area contributed by atoms with Gasteiger partial charge in [0.25, 0.3) is 5.91 Å². The average Bonchev–Trinajstić information content (AvgIpc) is 2.80. The number of carbonyl (C=O) groups excluding carboxylic acids is 1. The van der Waals surface area contributed by atoms with Crippen LogP contribution in [0.1, 0.15) is 32.1 Å². The molecule has 0 bridgehead atoms. The summed E-state index contributed by atoms with van der Waals surface area (Å²) >= 11 is 0. The Labute approximate surface area is 187 Å². The Balaban J connectivity index is 1.66. The van der Waals surface area contributed by atoms with E-state index in [2.05, 4.69) is 4.72 Å². The lowest BCUT2D eigenvalue weighted by Gasteiger charge is -2.30. The number of hydrogen-bond acceptors (Lipinski definition) is 6. The highest BCUT2D eigenvalue weighted by molar-refractivity contribution is 7.89. The quantitative estimate of drug-likeness (QED) is 0.333. The number of halogens is 1. The van der Waals surface area contributed by atoms with E-state index in [0.29, 0.717) is 24.0 Å². The molecule has 2 aromatic carbocycles. The lowest BCUT2D eigenvalue weighted by molar-refractivity contribution is -0.131. The number of ether oxygens (including phenoxy) is 1. The first-order valence-corrected chi connectivity index (χ1v) is 12.0. The van der Waals surface area contributed by atoms with Gasteiger partial charge < -0.3 is 10.5 Å². The lowest BCUT2D eigenvalue weighted by atomic mass is 9.79. The zero-order valence-electron chi connectivity index (χ0n) is 17.5. The maximum atomic E-state index is 13.0. The second-order valence-corrected chi connectivity index (χ2v) is 9.75. The molecule has 0 heterocycles. The molecule has 0 radical (unpaired) electrons. The van der Waals surface area contributed by atoms with E-state index in [-0.39, 0.29) is 17.2 Å². The number of carbonyl (C=O) groups is 1. The molecule has 5 N–H and O–H groups in total. The molecule has 174 valence electrons. The minimum atomic E-state index is -4.02. The van der Waals surface area contributed by atoms with Crippen LogP contribution in [-0.2, 0) is 14.8 Å². The van der Waals surface area contributed by atoms with Crippen LogP contribution in [0.2, 0.25) is 0 Å². The van der Waals surface area contributed by atoms with Crippen molar-refractivity contribution in [3.8, 4) is 11.5 Å². The van der Waals surface area contributed by atoms with Crippen molar-refractivity contribution in [1.29, 1.82) is 0 Å². The van der Waals surface area contributed by atoms with Gasteiger partial charge in [0.2, 0.25) is 10.0 Å². The normalized spacial score (nSPS) is 19.8. The molecule has 1 atom stereocenters. The Morgan fingerprint density at radius 2 is 1.56 bits per heavy atom. The van der Waals surface area contributed by atoms with Gasteiger partial charge in [-0.1, -0.05) is 12.8 Å². The first kappa shape index (κ1) is 24.1. The molecule has 10 heteroatoms. The molecule has 8 nitrogen and oxygen atoms in total. The van der Waals surface area contributed by atoms with Gasteiger partial charge in [-0.2, -0.15) is 4.72 Å². The van der Waals surface area contributed by atoms with Crippen molar-refractivity contribution in [1.82, 2.24) is 10.2 Å². The van der Waals surface area contributed by atoms with E-state index in [1.165, 1.54) is 48.5 Å². The smallest absolute Gasteiger partial charge is 0.261 e. The van der Waals surface area contributed by atoms with Gasteiger partial charge in [0, 0.05) is 0 Å². The van der Waals surface area contributed by atoms with Crippen molar-refractivity contribution < 1.29 is 27.5 Å². The molecule has 0 aromatic heterocycles. The van der Waals surface area contributed by atoms with E-state index in [0.717, 1.165) is 25.7 Å². The van der Waals surface area contributed by atoms with E-state index in [9.17, 15) is 17.6 Å². The van der Waals surface area contributed by atoms with E-state index in [1.807, 2.05) is 0 Å². The molecule has 2 aromatic rings. The van der Waals surface area contributed by atoms with Crippen LogP contribution in [-0.4, -0.2) is 32.1 Å². The SMILES string of the molecule is NCC1CCC(CC(NS(=O)(=O)c2ccc(Oc3ccc(F)cc3)cc2)C(=O)NO)CC1. The van der Waals surface area contributed by atoms with Crippen molar-refractivity contribution in [3.63, 3.8) is 0 Å². The lowest BCUT2D eigenvalue weighted by Crippen LogP contribution is -2.47. The molecule has 1 saturated carbocycles. The molecule has 0 saturated heterocycles. The summed E-state index contributed by atoms with van der Waals surface area (Å²) in [5, 5.41) is 9.08. The van der Waals surface area contributed by atoms with Crippen LogP contribution in [0.25, 0.3) is 0 Å². The molecule has 32 heavy (non-hydrogen) atoms. The fraction of sp³-hybridized carbons (Fsp3) is 0.409. The number of nitrogens with one attached hydrogen (secondary N) is 2. The van der Waals surface area contributed by atoms with E-state index < -0.39 is 27.8 Å².